The number of ether oxygens (including phenoxy) is 1. The van der Waals surface area contributed by atoms with Crippen LogP contribution in [0.15, 0.2) is 34.9 Å². The summed E-state index contributed by atoms with van der Waals surface area (Å²) in [4.78, 5) is 17.3. The Labute approximate surface area is 138 Å². The van der Waals surface area contributed by atoms with Crippen molar-refractivity contribution in [3.63, 3.8) is 0 Å². The van der Waals surface area contributed by atoms with Gasteiger partial charge in [0, 0.05) is 6.42 Å². The summed E-state index contributed by atoms with van der Waals surface area (Å²) < 4.78 is 10.3. The maximum Gasteiger partial charge on any atom is 0.280 e. The van der Waals surface area contributed by atoms with Crippen molar-refractivity contribution < 1.29 is 18.8 Å². The number of carbonyl (C=O) groups excluding carboxylic acids is 1. The number of rotatable bonds is 7. The zero-order valence-electron chi connectivity index (χ0n) is 11.9. The third kappa shape index (κ3) is 4.16. The summed E-state index contributed by atoms with van der Waals surface area (Å²) in [5, 5.41) is 0.535. The van der Waals surface area contributed by atoms with Gasteiger partial charge in [-0.1, -0.05) is 23.2 Å². The van der Waals surface area contributed by atoms with Gasteiger partial charge in [-0.25, -0.2) is 5.48 Å². The Morgan fingerprint density at radius 1 is 1.27 bits per heavy atom. The first kappa shape index (κ1) is 16.7. The van der Waals surface area contributed by atoms with Crippen LogP contribution in [-0.2, 0) is 11.3 Å². The van der Waals surface area contributed by atoms with Gasteiger partial charge in [0.25, 0.3) is 5.91 Å². The molecule has 2 aromatic rings. The van der Waals surface area contributed by atoms with E-state index in [0.717, 1.165) is 12.2 Å². The number of carbonyl (C=O) groups is 1. The summed E-state index contributed by atoms with van der Waals surface area (Å²) in [6.07, 6.45) is 3.05. The molecule has 0 fully saturated rings. The minimum Gasteiger partial charge on any atom is -0.494 e. The van der Waals surface area contributed by atoms with Gasteiger partial charge >= 0.3 is 0 Å². The van der Waals surface area contributed by atoms with Crippen molar-refractivity contribution in [2.24, 2.45) is 0 Å². The fourth-order valence-electron chi connectivity index (χ4n) is 1.89. The van der Waals surface area contributed by atoms with E-state index in [9.17, 15) is 4.79 Å². The number of methoxy groups -OCH3 is 1. The van der Waals surface area contributed by atoms with Crippen molar-refractivity contribution in [1.82, 2.24) is 5.48 Å². The van der Waals surface area contributed by atoms with Crippen LogP contribution < -0.4 is 10.2 Å². The van der Waals surface area contributed by atoms with Gasteiger partial charge in [0.1, 0.15) is 11.3 Å². The van der Waals surface area contributed by atoms with Gasteiger partial charge in [-0.05, 0) is 30.7 Å². The van der Waals surface area contributed by atoms with Gasteiger partial charge in [0.05, 0.1) is 30.0 Å². The summed E-state index contributed by atoms with van der Waals surface area (Å²) in [5.74, 6) is 0.572. The van der Waals surface area contributed by atoms with E-state index in [2.05, 4.69) is 5.48 Å². The number of aryl methyl sites for hydroxylation is 1. The average Bonchev–Trinajstić information content (AvgIpc) is 3.02. The summed E-state index contributed by atoms with van der Waals surface area (Å²) in [6, 6.07) is 6.79. The monoisotopic (exact) mass is 343 g/mol. The molecule has 118 valence electrons. The molecule has 0 unspecified atom stereocenters. The third-order valence-electron chi connectivity index (χ3n) is 2.90. The zero-order chi connectivity index (χ0) is 15.9. The van der Waals surface area contributed by atoms with Crippen molar-refractivity contribution in [2.45, 2.75) is 12.8 Å². The lowest BCUT2D eigenvalue weighted by Crippen LogP contribution is -2.25. The first-order valence-electron chi connectivity index (χ1n) is 6.60. The van der Waals surface area contributed by atoms with Crippen LogP contribution in [0.3, 0.4) is 0 Å². The van der Waals surface area contributed by atoms with Crippen LogP contribution in [0.5, 0.6) is 5.75 Å². The van der Waals surface area contributed by atoms with Crippen molar-refractivity contribution >= 4 is 29.1 Å². The Morgan fingerprint density at radius 3 is 2.73 bits per heavy atom. The molecule has 22 heavy (non-hydrogen) atoms. The van der Waals surface area contributed by atoms with E-state index in [4.69, 9.17) is 37.2 Å². The molecule has 1 amide bonds. The van der Waals surface area contributed by atoms with Crippen molar-refractivity contribution in [3.8, 4) is 5.75 Å². The van der Waals surface area contributed by atoms with Gasteiger partial charge in [0.15, 0.2) is 5.75 Å². The molecule has 1 aromatic carbocycles. The molecule has 0 spiro atoms. The van der Waals surface area contributed by atoms with Gasteiger partial charge in [0.2, 0.25) is 0 Å². The number of amides is 1. The standard InChI is InChI=1S/C15H15Cl2NO4/c1-20-14-12(17)7-6-11(16)13(14)15(19)18-22-9-3-5-10-4-2-8-21-10/h2,4,6-8H,3,5,9H2,1H3,(H,18,19). The van der Waals surface area contributed by atoms with E-state index in [1.807, 2.05) is 12.1 Å². The molecule has 1 aromatic heterocycles. The molecule has 0 radical (unpaired) electrons. The van der Waals surface area contributed by atoms with E-state index < -0.39 is 5.91 Å². The maximum atomic E-state index is 12.1. The highest BCUT2D eigenvalue weighted by Crippen LogP contribution is 2.33. The zero-order valence-corrected chi connectivity index (χ0v) is 13.4. The van der Waals surface area contributed by atoms with Crippen LogP contribution in [0.2, 0.25) is 10.0 Å². The molecule has 1 N–H and O–H groups in total. The first-order valence-corrected chi connectivity index (χ1v) is 7.35. The minimum absolute atomic E-state index is 0.141. The molecular weight excluding hydrogens is 329 g/mol. The molecule has 2 rings (SSSR count). The second kappa shape index (κ2) is 8.08. The highest BCUT2D eigenvalue weighted by atomic mass is 35.5. The Bertz CT molecular complexity index is 629. The molecule has 1 heterocycles. The van der Waals surface area contributed by atoms with Crippen molar-refractivity contribution in [2.75, 3.05) is 13.7 Å². The van der Waals surface area contributed by atoms with Gasteiger partial charge in [-0.2, -0.15) is 0 Å². The maximum absolute atomic E-state index is 12.1. The van der Waals surface area contributed by atoms with Crippen LogP contribution in [0.25, 0.3) is 0 Å². The van der Waals surface area contributed by atoms with Crippen molar-refractivity contribution in [1.29, 1.82) is 0 Å². The van der Waals surface area contributed by atoms with Crippen LogP contribution >= 0.6 is 23.2 Å². The quantitative estimate of drug-likeness (QED) is 0.611. The third-order valence-corrected chi connectivity index (χ3v) is 3.52. The van der Waals surface area contributed by atoms with Crippen LogP contribution in [0, 0.1) is 0 Å². The minimum atomic E-state index is -0.512. The molecule has 0 bridgehead atoms. The summed E-state index contributed by atoms with van der Waals surface area (Å²) in [7, 11) is 1.42. The number of hydrogen-bond acceptors (Lipinski definition) is 4. The normalized spacial score (nSPS) is 10.5. The predicted octanol–water partition coefficient (Wildman–Crippen LogP) is 3.89. The second-order valence-corrected chi connectivity index (χ2v) is 5.21. The molecule has 0 aliphatic carbocycles. The Kier molecular flexibility index (Phi) is 6.12. The van der Waals surface area contributed by atoms with Gasteiger partial charge < -0.3 is 9.15 Å². The molecule has 0 atom stereocenters. The van der Waals surface area contributed by atoms with Crippen LogP contribution in [-0.4, -0.2) is 19.6 Å². The molecule has 5 nitrogen and oxygen atoms in total. The largest absolute Gasteiger partial charge is 0.494 e. The van der Waals surface area contributed by atoms with E-state index >= 15 is 0 Å². The molecule has 0 aliphatic heterocycles. The Balaban J connectivity index is 1.86. The number of benzene rings is 1. The topological polar surface area (TPSA) is 60.7 Å². The summed E-state index contributed by atoms with van der Waals surface area (Å²) in [5.41, 5.74) is 2.47. The number of hydrogen-bond donors (Lipinski definition) is 1. The summed E-state index contributed by atoms with van der Waals surface area (Å²) >= 11 is 12.0. The fraction of sp³-hybridized carbons (Fsp3) is 0.267. The smallest absolute Gasteiger partial charge is 0.280 e. The second-order valence-electron chi connectivity index (χ2n) is 4.40. The number of halogens is 2. The molecular formula is C15H15Cl2NO4. The molecule has 0 aliphatic rings. The Hall–Kier alpha value is -1.69. The van der Waals surface area contributed by atoms with Crippen molar-refractivity contribution in [3.05, 3.63) is 51.9 Å². The highest BCUT2D eigenvalue weighted by molar-refractivity contribution is 6.37. The Morgan fingerprint density at radius 2 is 2.05 bits per heavy atom. The predicted molar refractivity (Wildman–Crippen MR) is 83.5 cm³/mol. The van der Waals surface area contributed by atoms with E-state index in [-0.39, 0.29) is 16.3 Å². The lowest BCUT2D eigenvalue weighted by Gasteiger charge is -2.12. The lowest BCUT2D eigenvalue weighted by atomic mass is 10.2. The number of hydroxylamine groups is 1. The first-order chi connectivity index (χ1) is 10.6. The van der Waals surface area contributed by atoms with Gasteiger partial charge in [-0.15, -0.1) is 0 Å². The molecule has 7 heteroatoms. The fourth-order valence-corrected chi connectivity index (χ4v) is 2.35. The van der Waals surface area contributed by atoms with E-state index in [1.54, 1.807) is 12.3 Å². The molecule has 0 saturated heterocycles. The van der Waals surface area contributed by atoms with E-state index in [1.165, 1.54) is 13.2 Å². The molecule has 0 saturated carbocycles. The average molecular weight is 344 g/mol. The number of furan rings is 1. The SMILES string of the molecule is COc1c(Cl)ccc(Cl)c1C(=O)NOCCCc1ccco1. The van der Waals surface area contributed by atoms with Gasteiger partial charge in [-0.3, -0.25) is 9.63 Å². The lowest BCUT2D eigenvalue weighted by molar-refractivity contribution is 0.0299. The van der Waals surface area contributed by atoms with Crippen LogP contribution in [0.1, 0.15) is 22.5 Å². The van der Waals surface area contributed by atoms with E-state index in [0.29, 0.717) is 18.1 Å². The highest BCUT2D eigenvalue weighted by Gasteiger charge is 2.19. The van der Waals surface area contributed by atoms with Crippen LogP contribution in [0.4, 0.5) is 0 Å². The summed E-state index contributed by atoms with van der Waals surface area (Å²) in [6.45, 7) is 0.340. The number of nitrogens with one attached hydrogen (secondary N) is 1.